The zero-order valence-corrected chi connectivity index (χ0v) is 17.6. The monoisotopic (exact) mass is 421 g/mol. The number of carbonyl (C=O) groups is 1. The van der Waals surface area contributed by atoms with Crippen LogP contribution in [-0.4, -0.2) is 36.7 Å². The van der Waals surface area contributed by atoms with Gasteiger partial charge in [-0.05, 0) is 55.5 Å². The minimum atomic E-state index is -0.231. The number of anilines is 1. The predicted molar refractivity (Wildman–Crippen MR) is 117 cm³/mol. The molecule has 2 fully saturated rings. The molecule has 0 unspecified atom stereocenters. The van der Waals surface area contributed by atoms with Crippen molar-refractivity contribution in [2.45, 2.75) is 50.0 Å². The summed E-state index contributed by atoms with van der Waals surface area (Å²) in [6.45, 7) is 2.19. The van der Waals surface area contributed by atoms with E-state index < -0.39 is 0 Å². The highest BCUT2D eigenvalue weighted by Crippen LogP contribution is 2.40. The molecule has 0 bridgehead atoms. The number of pyridine rings is 1. The van der Waals surface area contributed by atoms with Gasteiger partial charge in [0.1, 0.15) is 17.7 Å². The first-order chi connectivity index (χ1) is 15.1. The number of benzene rings is 1. The van der Waals surface area contributed by atoms with Crippen molar-refractivity contribution in [2.24, 2.45) is 0 Å². The van der Waals surface area contributed by atoms with E-state index in [0.717, 1.165) is 63.0 Å². The van der Waals surface area contributed by atoms with Crippen molar-refractivity contribution in [3.05, 3.63) is 59.5 Å². The third-order valence-electron chi connectivity index (χ3n) is 6.64. The fraction of sp³-hybridized carbons (Fsp3) is 0.458. The number of hydrogen-bond acceptors (Lipinski definition) is 4. The van der Waals surface area contributed by atoms with E-state index in [1.165, 1.54) is 12.1 Å². The number of nitrogens with one attached hydrogen (secondary N) is 2. The molecular weight excluding hydrogens is 393 g/mol. The summed E-state index contributed by atoms with van der Waals surface area (Å²) >= 11 is 0. The first kappa shape index (κ1) is 21.1. The van der Waals surface area contributed by atoms with Gasteiger partial charge >= 0.3 is 6.03 Å². The number of hydrogen-bond donors (Lipinski definition) is 2. The van der Waals surface area contributed by atoms with Gasteiger partial charge in [-0.3, -0.25) is 0 Å². The van der Waals surface area contributed by atoms with Gasteiger partial charge < -0.3 is 15.5 Å². The van der Waals surface area contributed by atoms with E-state index in [4.69, 9.17) is 5.26 Å². The number of piperidine rings is 1. The van der Waals surface area contributed by atoms with E-state index in [-0.39, 0.29) is 23.3 Å². The van der Waals surface area contributed by atoms with Crippen LogP contribution in [0.2, 0.25) is 0 Å². The smallest absolute Gasteiger partial charge is 0.315 e. The minimum Gasteiger partial charge on any atom is -0.356 e. The molecule has 1 aliphatic heterocycles. The number of carbonyl (C=O) groups excluding carboxylic acids is 1. The lowest BCUT2D eigenvalue weighted by atomic mass is 9.79. The molecule has 1 saturated carbocycles. The fourth-order valence-electron chi connectivity index (χ4n) is 4.80. The van der Waals surface area contributed by atoms with Crippen molar-refractivity contribution in [1.82, 2.24) is 15.6 Å². The maximum Gasteiger partial charge on any atom is 0.315 e. The second-order valence-electron chi connectivity index (χ2n) is 8.60. The number of amides is 2. The van der Waals surface area contributed by atoms with E-state index in [1.54, 1.807) is 12.3 Å². The first-order valence-corrected chi connectivity index (χ1v) is 11.0. The standard InChI is InChI=1S/C24H28FN5O/c25-20-6-4-19(5-7-20)24(11-1-2-12-24)17-28-23(31)29-21-9-13-30(14-10-21)22-8-3-18(15-26)16-27-22/h3-8,16,21H,1-2,9-14,17H2,(H2,28,29,31). The molecule has 0 radical (unpaired) electrons. The maximum atomic E-state index is 13.3. The van der Waals surface area contributed by atoms with Gasteiger partial charge in [0.05, 0.1) is 5.56 Å². The van der Waals surface area contributed by atoms with Crippen LogP contribution in [0.1, 0.15) is 49.7 Å². The summed E-state index contributed by atoms with van der Waals surface area (Å²) < 4.78 is 13.3. The summed E-state index contributed by atoms with van der Waals surface area (Å²) in [7, 11) is 0. The van der Waals surface area contributed by atoms with Gasteiger partial charge in [0.2, 0.25) is 0 Å². The van der Waals surface area contributed by atoms with E-state index in [9.17, 15) is 9.18 Å². The molecule has 1 aromatic heterocycles. The van der Waals surface area contributed by atoms with Crippen molar-refractivity contribution in [2.75, 3.05) is 24.5 Å². The average Bonchev–Trinajstić information content (AvgIpc) is 3.29. The molecule has 1 aliphatic carbocycles. The Morgan fingerprint density at radius 3 is 2.48 bits per heavy atom. The number of halogens is 1. The number of nitriles is 1. The van der Waals surface area contributed by atoms with Crippen LogP contribution in [0.5, 0.6) is 0 Å². The highest BCUT2D eigenvalue weighted by Gasteiger charge is 2.36. The predicted octanol–water partition coefficient (Wildman–Crippen LogP) is 3.87. The Kier molecular flexibility index (Phi) is 6.36. The van der Waals surface area contributed by atoms with Gasteiger partial charge in [-0.15, -0.1) is 0 Å². The molecule has 2 heterocycles. The quantitative estimate of drug-likeness (QED) is 0.768. The number of urea groups is 1. The van der Waals surface area contributed by atoms with Crippen molar-refractivity contribution in [3.63, 3.8) is 0 Å². The molecule has 7 heteroatoms. The average molecular weight is 422 g/mol. The van der Waals surface area contributed by atoms with Crippen LogP contribution in [-0.2, 0) is 5.41 Å². The Hall–Kier alpha value is -3.14. The minimum absolute atomic E-state index is 0.102. The number of nitrogens with zero attached hydrogens (tertiary/aromatic N) is 3. The lowest BCUT2D eigenvalue weighted by Crippen LogP contribution is -2.50. The van der Waals surface area contributed by atoms with E-state index >= 15 is 0 Å². The molecule has 4 rings (SSSR count). The second kappa shape index (κ2) is 9.34. The van der Waals surface area contributed by atoms with Crippen molar-refractivity contribution < 1.29 is 9.18 Å². The Morgan fingerprint density at radius 1 is 1.16 bits per heavy atom. The summed E-state index contributed by atoms with van der Waals surface area (Å²) in [5.74, 6) is 0.634. The summed E-state index contributed by atoms with van der Waals surface area (Å²) in [5, 5.41) is 15.1. The van der Waals surface area contributed by atoms with Gasteiger partial charge in [-0.2, -0.15) is 5.26 Å². The van der Waals surface area contributed by atoms with Crippen LogP contribution in [0, 0.1) is 17.1 Å². The third-order valence-corrected chi connectivity index (χ3v) is 6.64. The normalized spacial score (nSPS) is 18.4. The van der Waals surface area contributed by atoms with Gasteiger partial charge in [-0.25, -0.2) is 14.2 Å². The molecule has 162 valence electrons. The molecule has 1 saturated heterocycles. The molecular formula is C24H28FN5O. The lowest BCUT2D eigenvalue weighted by Gasteiger charge is -2.34. The van der Waals surface area contributed by atoms with Gasteiger partial charge in [0.15, 0.2) is 0 Å². The van der Waals surface area contributed by atoms with Crippen LogP contribution >= 0.6 is 0 Å². The highest BCUT2D eigenvalue weighted by atomic mass is 19.1. The summed E-state index contributed by atoms with van der Waals surface area (Å²) in [6, 6.07) is 12.4. The van der Waals surface area contributed by atoms with Crippen molar-refractivity contribution in [3.8, 4) is 6.07 Å². The lowest BCUT2D eigenvalue weighted by molar-refractivity contribution is 0.230. The van der Waals surface area contributed by atoms with Crippen LogP contribution in [0.15, 0.2) is 42.6 Å². The molecule has 31 heavy (non-hydrogen) atoms. The van der Waals surface area contributed by atoms with Crippen LogP contribution in [0.25, 0.3) is 0 Å². The zero-order chi connectivity index (χ0) is 21.7. The Bertz CT molecular complexity index is 924. The van der Waals surface area contributed by atoms with E-state index in [2.05, 4.69) is 26.6 Å². The van der Waals surface area contributed by atoms with Gasteiger partial charge in [0.25, 0.3) is 0 Å². The van der Waals surface area contributed by atoms with E-state index in [1.807, 2.05) is 18.2 Å². The number of rotatable bonds is 5. The molecule has 1 aromatic carbocycles. The highest BCUT2D eigenvalue weighted by molar-refractivity contribution is 5.74. The Balaban J connectivity index is 1.27. The zero-order valence-electron chi connectivity index (χ0n) is 17.6. The van der Waals surface area contributed by atoms with Gasteiger partial charge in [0, 0.05) is 37.3 Å². The fourth-order valence-corrected chi connectivity index (χ4v) is 4.80. The summed E-state index contributed by atoms with van der Waals surface area (Å²) in [6.07, 6.45) is 7.55. The Morgan fingerprint density at radius 2 is 1.87 bits per heavy atom. The van der Waals surface area contributed by atoms with Crippen molar-refractivity contribution in [1.29, 1.82) is 5.26 Å². The third kappa shape index (κ3) is 4.96. The van der Waals surface area contributed by atoms with Crippen LogP contribution in [0.4, 0.5) is 15.0 Å². The summed E-state index contributed by atoms with van der Waals surface area (Å²) in [4.78, 5) is 19.1. The molecule has 0 spiro atoms. The molecule has 2 amide bonds. The molecule has 0 atom stereocenters. The van der Waals surface area contributed by atoms with E-state index in [0.29, 0.717) is 12.1 Å². The summed E-state index contributed by atoms with van der Waals surface area (Å²) in [5.41, 5.74) is 1.56. The maximum absolute atomic E-state index is 13.3. The Labute approximate surface area is 182 Å². The molecule has 2 aliphatic rings. The van der Waals surface area contributed by atoms with Gasteiger partial charge in [-0.1, -0.05) is 25.0 Å². The molecule has 6 nitrogen and oxygen atoms in total. The largest absolute Gasteiger partial charge is 0.356 e. The van der Waals surface area contributed by atoms with Crippen LogP contribution < -0.4 is 15.5 Å². The first-order valence-electron chi connectivity index (χ1n) is 11.0. The van der Waals surface area contributed by atoms with Crippen molar-refractivity contribution >= 4 is 11.8 Å². The number of aromatic nitrogens is 1. The molecule has 2 aromatic rings. The second-order valence-corrected chi connectivity index (χ2v) is 8.60. The SMILES string of the molecule is N#Cc1ccc(N2CCC(NC(=O)NCC3(c4ccc(F)cc4)CCCC3)CC2)nc1. The molecule has 2 N–H and O–H groups in total. The topological polar surface area (TPSA) is 81.0 Å². The van der Waals surface area contributed by atoms with Crippen LogP contribution in [0.3, 0.4) is 0 Å².